The van der Waals surface area contributed by atoms with E-state index in [9.17, 15) is 4.79 Å². The number of hydrogen-bond acceptors (Lipinski definition) is 6. The minimum atomic E-state index is -0.242. The topological polar surface area (TPSA) is 86.5 Å². The van der Waals surface area contributed by atoms with Gasteiger partial charge in [0.25, 0.3) is 5.91 Å². The van der Waals surface area contributed by atoms with Gasteiger partial charge in [0.1, 0.15) is 18.1 Å². The fourth-order valence-electron chi connectivity index (χ4n) is 1.76. The Bertz CT molecular complexity index is 622. The average molecular weight is 358 g/mol. The van der Waals surface area contributed by atoms with Crippen molar-refractivity contribution in [2.75, 3.05) is 32.2 Å². The molecule has 1 amide bonds. The zero-order chi connectivity index (χ0) is 15.8. The number of aromatic nitrogens is 1. The molecular formula is C15H20ClN3O3S. The molecule has 0 aliphatic heterocycles. The summed E-state index contributed by atoms with van der Waals surface area (Å²) in [6.45, 7) is 1.50. The van der Waals surface area contributed by atoms with Crippen LogP contribution in [0.4, 0.5) is 5.69 Å². The van der Waals surface area contributed by atoms with E-state index >= 15 is 0 Å². The molecule has 0 spiro atoms. The van der Waals surface area contributed by atoms with Gasteiger partial charge in [0.05, 0.1) is 11.6 Å². The minimum absolute atomic E-state index is 0. The van der Waals surface area contributed by atoms with Crippen LogP contribution in [0.5, 0.6) is 5.75 Å². The number of anilines is 1. The normalized spacial score (nSPS) is 10.0. The number of carbonyl (C=O) groups excluding carboxylic acids is 1. The Kier molecular flexibility index (Phi) is 8.57. The van der Waals surface area contributed by atoms with Crippen molar-refractivity contribution >= 4 is 35.3 Å². The van der Waals surface area contributed by atoms with Gasteiger partial charge in [-0.05, 0) is 18.7 Å². The largest absolute Gasteiger partial charge is 0.491 e. The summed E-state index contributed by atoms with van der Waals surface area (Å²) in [5.41, 5.74) is 6.54. The molecule has 8 heteroatoms. The zero-order valence-corrected chi connectivity index (χ0v) is 14.4. The number of nitrogens with zero attached hydrogens (tertiary/aromatic N) is 1. The molecule has 0 aliphatic rings. The summed E-state index contributed by atoms with van der Waals surface area (Å²) in [5.74, 6) is 0.436. The first kappa shape index (κ1) is 19.4. The Labute approximate surface area is 145 Å². The van der Waals surface area contributed by atoms with E-state index in [4.69, 9.17) is 15.2 Å². The number of benzene rings is 1. The molecule has 1 heterocycles. The third kappa shape index (κ3) is 6.15. The van der Waals surface area contributed by atoms with Gasteiger partial charge in [0.15, 0.2) is 0 Å². The van der Waals surface area contributed by atoms with Crippen molar-refractivity contribution in [1.82, 2.24) is 4.98 Å². The Morgan fingerprint density at radius 2 is 2.22 bits per heavy atom. The molecule has 0 radical (unpaired) electrons. The second kappa shape index (κ2) is 10.2. The van der Waals surface area contributed by atoms with Crippen LogP contribution < -0.4 is 15.8 Å². The summed E-state index contributed by atoms with van der Waals surface area (Å²) in [6, 6.07) is 7.21. The third-order valence-corrected chi connectivity index (χ3v) is 3.70. The summed E-state index contributed by atoms with van der Waals surface area (Å²) in [5, 5.41) is 5.41. The second-order valence-corrected chi connectivity index (χ2v) is 5.43. The van der Waals surface area contributed by atoms with Crippen LogP contribution in [0, 0.1) is 0 Å². The fraction of sp³-hybridized carbons (Fsp3) is 0.333. The Hall–Kier alpha value is -1.67. The molecule has 6 nitrogen and oxygen atoms in total. The van der Waals surface area contributed by atoms with E-state index in [-0.39, 0.29) is 18.3 Å². The molecule has 2 rings (SSSR count). The summed E-state index contributed by atoms with van der Waals surface area (Å²) in [4.78, 5) is 16.4. The van der Waals surface area contributed by atoms with Gasteiger partial charge in [-0.2, -0.15) is 0 Å². The van der Waals surface area contributed by atoms with E-state index in [1.165, 1.54) is 11.3 Å². The van der Waals surface area contributed by atoms with Crippen molar-refractivity contribution in [3.05, 3.63) is 40.3 Å². The Morgan fingerprint density at radius 1 is 1.39 bits per heavy atom. The highest BCUT2D eigenvalue weighted by Gasteiger charge is 2.11. The lowest BCUT2D eigenvalue weighted by Gasteiger charge is -2.08. The van der Waals surface area contributed by atoms with Crippen molar-refractivity contribution in [3.63, 3.8) is 0 Å². The van der Waals surface area contributed by atoms with Gasteiger partial charge in [-0.1, -0.05) is 6.07 Å². The van der Waals surface area contributed by atoms with Crippen molar-refractivity contribution < 1.29 is 14.3 Å². The molecule has 2 aromatic rings. The number of amides is 1. The lowest BCUT2D eigenvalue weighted by Crippen LogP contribution is -2.13. The number of thiazole rings is 1. The maximum atomic E-state index is 12.1. The van der Waals surface area contributed by atoms with Crippen LogP contribution >= 0.6 is 23.7 Å². The number of nitrogens with one attached hydrogen (secondary N) is 1. The van der Waals surface area contributed by atoms with E-state index < -0.39 is 0 Å². The van der Waals surface area contributed by atoms with Crippen molar-refractivity contribution in [3.8, 4) is 5.75 Å². The van der Waals surface area contributed by atoms with Crippen LogP contribution in [0.3, 0.4) is 0 Å². The number of methoxy groups -OCH3 is 1. The van der Waals surface area contributed by atoms with E-state index in [1.54, 1.807) is 24.6 Å². The number of rotatable bonds is 8. The molecule has 23 heavy (non-hydrogen) atoms. The van der Waals surface area contributed by atoms with Crippen LogP contribution in [0.25, 0.3) is 0 Å². The van der Waals surface area contributed by atoms with Gasteiger partial charge in [-0.15, -0.1) is 23.7 Å². The predicted octanol–water partition coefficient (Wildman–Crippen LogP) is 2.34. The van der Waals surface area contributed by atoms with Crippen molar-refractivity contribution in [2.24, 2.45) is 5.73 Å². The molecule has 0 fully saturated rings. The molecule has 0 aliphatic carbocycles. The lowest BCUT2D eigenvalue weighted by atomic mass is 10.3. The third-order valence-electron chi connectivity index (χ3n) is 2.79. The highest BCUT2D eigenvalue weighted by Crippen LogP contribution is 2.18. The van der Waals surface area contributed by atoms with E-state index in [1.807, 2.05) is 12.1 Å². The summed E-state index contributed by atoms with van der Waals surface area (Å²) in [7, 11) is 1.62. The number of ether oxygens (including phenoxy) is 2. The quantitative estimate of drug-likeness (QED) is 0.708. The predicted molar refractivity (Wildman–Crippen MR) is 93.9 cm³/mol. The number of halogens is 1. The summed E-state index contributed by atoms with van der Waals surface area (Å²) >= 11 is 1.44. The van der Waals surface area contributed by atoms with Crippen LogP contribution in [0.2, 0.25) is 0 Å². The van der Waals surface area contributed by atoms with Crippen molar-refractivity contribution in [2.45, 2.75) is 6.42 Å². The summed E-state index contributed by atoms with van der Waals surface area (Å²) < 4.78 is 10.4. The SMILES string of the molecule is COCCOc1cccc(NC(=O)c2csc(CCN)n2)c1.Cl. The van der Waals surface area contributed by atoms with Gasteiger partial charge in [0, 0.05) is 30.7 Å². The molecule has 3 N–H and O–H groups in total. The molecular weight excluding hydrogens is 338 g/mol. The standard InChI is InChI=1S/C15H19N3O3S.ClH/c1-20-7-8-21-12-4-2-3-11(9-12)17-15(19)13-10-22-14(18-13)5-6-16;/h2-4,9-10H,5-8,16H2,1H3,(H,17,19);1H. The van der Waals surface area contributed by atoms with Gasteiger partial charge >= 0.3 is 0 Å². The van der Waals surface area contributed by atoms with Crippen LogP contribution in [0.15, 0.2) is 29.6 Å². The molecule has 1 aromatic carbocycles. The van der Waals surface area contributed by atoms with Gasteiger partial charge < -0.3 is 20.5 Å². The van der Waals surface area contributed by atoms with E-state index in [0.717, 1.165) is 5.01 Å². The zero-order valence-electron chi connectivity index (χ0n) is 12.8. The molecule has 0 saturated heterocycles. The molecule has 0 bridgehead atoms. The van der Waals surface area contributed by atoms with Crippen molar-refractivity contribution in [1.29, 1.82) is 0 Å². The van der Waals surface area contributed by atoms with E-state index in [0.29, 0.717) is 43.3 Å². The van der Waals surface area contributed by atoms with Gasteiger partial charge in [-0.3, -0.25) is 4.79 Å². The first-order valence-electron chi connectivity index (χ1n) is 6.90. The molecule has 0 saturated carbocycles. The van der Waals surface area contributed by atoms with Crippen LogP contribution in [-0.4, -0.2) is 37.8 Å². The molecule has 126 valence electrons. The first-order valence-corrected chi connectivity index (χ1v) is 7.78. The van der Waals surface area contributed by atoms with E-state index in [2.05, 4.69) is 10.3 Å². The molecule has 1 aromatic heterocycles. The first-order chi connectivity index (χ1) is 10.7. The maximum absolute atomic E-state index is 12.1. The smallest absolute Gasteiger partial charge is 0.275 e. The summed E-state index contributed by atoms with van der Waals surface area (Å²) in [6.07, 6.45) is 0.681. The number of hydrogen-bond donors (Lipinski definition) is 2. The van der Waals surface area contributed by atoms with Crippen LogP contribution in [-0.2, 0) is 11.2 Å². The lowest BCUT2D eigenvalue weighted by molar-refractivity contribution is 0.102. The number of carbonyl (C=O) groups is 1. The second-order valence-electron chi connectivity index (χ2n) is 4.49. The fourth-order valence-corrected chi connectivity index (χ4v) is 2.55. The molecule has 0 atom stereocenters. The van der Waals surface area contributed by atoms with Crippen LogP contribution in [0.1, 0.15) is 15.5 Å². The van der Waals surface area contributed by atoms with Gasteiger partial charge in [-0.25, -0.2) is 4.98 Å². The Morgan fingerprint density at radius 3 is 2.96 bits per heavy atom. The maximum Gasteiger partial charge on any atom is 0.275 e. The highest BCUT2D eigenvalue weighted by molar-refractivity contribution is 7.09. The Balaban J connectivity index is 0.00000264. The average Bonchev–Trinajstić information content (AvgIpc) is 2.97. The highest BCUT2D eigenvalue weighted by atomic mass is 35.5. The monoisotopic (exact) mass is 357 g/mol. The minimum Gasteiger partial charge on any atom is -0.491 e. The van der Waals surface area contributed by atoms with Gasteiger partial charge in [0.2, 0.25) is 0 Å². The molecule has 0 unspecified atom stereocenters. The number of nitrogens with two attached hydrogens (primary N) is 1.